The monoisotopic (exact) mass is 352 g/mol. The van der Waals surface area contributed by atoms with Crippen LogP contribution in [0.5, 0.6) is 0 Å². The van der Waals surface area contributed by atoms with Gasteiger partial charge in [-0.1, -0.05) is 11.3 Å². The van der Waals surface area contributed by atoms with Crippen molar-refractivity contribution in [3.05, 3.63) is 58.9 Å². The number of aromatic nitrogens is 3. The lowest BCUT2D eigenvalue weighted by Gasteiger charge is -2.22. The average molecular weight is 352 g/mol. The first-order chi connectivity index (χ1) is 12.1. The first-order valence-electron chi connectivity index (χ1n) is 7.90. The number of rotatable bonds is 6. The smallest absolute Gasteiger partial charge is 0.210 e. The van der Waals surface area contributed by atoms with E-state index >= 15 is 0 Å². The Hall–Kier alpha value is -2.69. The summed E-state index contributed by atoms with van der Waals surface area (Å²) < 4.78 is 1.77. The lowest BCUT2D eigenvalue weighted by Crippen LogP contribution is -2.19. The van der Waals surface area contributed by atoms with Gasteiger partial charge in [0.05, 0.1) is 11.6 Å². The molecule has 3 rings (SSSR count). The van der Waals surface area contributed by atoms with Crippen LogP contribution in [0.1, 0.15) is 16.0 Å². The van der Waals surface area contributed by atoms with Crippen molar-refractivity contribution in [2.75, 3.05) is 26.0 Å². The lowest BCUT2D eigenvalue weighted by molar-refractivity contribution is 0.322. The van der Waals surface area contributed by atoms with Crippen LogP contribution in [-0.2, 0) is 13.1 Å². The molecule has 0 radical (unpaired) electrons. The summed E-state index contributed by atoms with van der Waals surface area (Å²) in [5.41, 5.74) is 2.96. The second-order valence-corrected chi connectivity index (χ2v) is 7.18. The molecule has 2 heterocycles. The van der Waals surface area contributed by atoms with Crippen LogP contribution in [0.4, 0.5) is 5.69 Å². The predicted molar refractivity (Wildman–Crippen MR) is 99.9 cm³/mol. The van der Waals surface area contributed by atoms with Gasteiger partial charge in [-0.05, 0) is 36.9 Å². The van der Waals surface area contributed by atoms with Gasteiger partial charge in [0.1, 0.15) is 0 Å². The number of hydrogen-bond acceptors (Lipinski definition) is 6. The standard InChI is InChI=1S/C18H20N6S/c1-22(2)17-6-5-14(10-19)9-15(17)12-23(3)13-16-11-20-18(25-16)24-8-4-7-21-24/h4-9,11H,12-13H2,1-3H3. The molecule has 6 nitrogen and oxygen atoms in total. The van der Waals surface area contributed by atoms with E-state index < -0.39 is 0 Å². The Morgan fingerprint density at radius 3 is 2.76 bits per heavy atom. The molecule has 2 aromatic heterocycles. The topological polar surface area (TPSA) is 61.0 Å². The molecule has 0 aliphatic heterocycles. The normalized spacial score (nSPS) is 10.8. The molecule has 0 saturated heterocycles. The van der Waals surface area contributed by atoms with E-state index in [2.05, 4.69) is 33.0 Å². The molecular weight excluding hydrogens is 332 g/mol. The first-order valence-corrected chi connectivity index (χ1v) is 8.72. The van der Waals surface area contributed by atoms with Crippen LogP contribution < -0.4 is 4.90 Å². The van der Waals surface area contributed by atoms with Gasteiger partial charge in [-0.25, -0.2) is 9.67 Å². The van der Waals surface area contributed by atoms with Crippen LogP contribution in [0.25, 0.3) is 5.13 Å². The number of anilines is 1. The third kappa shape index (κ3) is 4.05. The van der Waals surface area contributed by atoms with E-state index in [0.717, 1.165) is 29.5 Å². The highest BCUT2D eigenvalue weighted by Gasteiger charge is 2.11. The molecule has 7 heteroatoms. The predicted octanol–water partition coefficient (Wildman–Crippen LogP) is 2.90. The average Bonchev–Trinajstić information content (AvgIpc) is 3.25. The molecule has 0 saturated carbocycles. The Balaban J connectivity index is 1.73. The van der Waals surface area contributed by atoms with E-state index in [-0.39, 0.29) is 0 Å². The van der Waals surface area contributed by atoms with Gasteiger partial charge >= 0.3 is 0 Å². The molecule has 0 unspecified atom stereocenters. The summed E-state index contributed by atoms with van der Waals surface area (Å²) in [6.45, 7) is 1.56. The van der Waals surface area contributed by atoms with Gasteiger partial charge in [-0.3, -0.25) is 4.90 Å². The van der Waals surface area contributed by atoms with Crippen molar-refractivity contribution in [3.63, 3.8) is 0 Å². The fourth-order valence-corrected chi connectivity index (χ4v) is 3.62. The molecule has 0 aliphatic carbocycles. The minimum atomic E-state index is 0.688. The van der Waals surface area contributed by atoms with Gasteiger partial charge < -0.3 is 4.90 Å². The van der Waals surface area contributed by atoms with Crippen LogP contribution in [-0.4, -0.2) is 40.8 Å². The highest BCUT2D eigenvalue weighted by atomic mass is 32.1. The number of benzene rings is 1. The maximum Gasteiger partial charge on any atom is 0.210 e. The summed E-state index contributed by atoms with van der Waals surface area (Å²) in [5, 5.41) is 14.2. The SMILES string of the molecule is CN(Cc1cnc(-n2cccn2)s1)Cc1cc(C#N)ccc1N(C)C. The maximum absolute atomic E-state index is 9.16. The zero-order chi connectivity index (χ0) is 17.8. The summed E-state index contributed by atoms with van der Waals surface area (Å²) in [6.07, 6.45) is 5.54. The highest BCUT2D eigenvalue weighted by molar-refractivity contribution is 7.14. The van der Waals surface area contributed by atoms with E-state index in [9.17, 15) is 0 Å². The van der Waals surface area contributed by atoms with Crippen molar-refractivity contribution in [1.29, 1.82) is 5.26 Å². The molecule has 0 bridgehead atoms. The van der Waals surface area contributed by atoms with E-state index in [1.807, 2.05) is 50.8 Å². The lowest BCUT2D eigenvalue weighted by atomic mass is 10.1. The Morgan fingerprint density at radius 2 is 2.08 bits per heavy atom. The van der Waals surface area contributed by atoms with Gasteiger partial charge in [-0.2, -0.15) is 10.4 Å². The maximum atomic E-state index is 9.16. The number of nitrogens with zero attached hydrogens (tertiary/aromatic N) is 6. The minimum absolute atomic E-state index is 0.688. The van der Waals surface area contributed by atoms with Gasteiger partial charge in [0.2, 0.25) is 5.13 Å². The molecule has 0 spiro atoms. The quantitative estimate of drug-likeness (QED) is 0.683. The summed E-state index contributed by atoms with van der Waals surface area (Å²) in [5.74, 6) is 0. The number of hydrogen-bond donors (Lipinski definition) is 0. The molecule has 0 aliphatic rings. The van der Waals surface area contributed by atoms with Crippen LogP contribution in [0.15, 0.2) is 42.9 Å². The molecule has 0 amide bonds. The van der Waals surface area contributed by atoms with Gasteiger partial charge in [-0.15, -0.1) is 0 Å². The fraction of sp³-hybridized carbons (Fsp3) is 0.278. The molecule has 128 valence electrons. The van der Waals surface area contributed by atoms with Gasteiger partial charge in [0.25, 0.3) is 0 Å². The molecule has 0 N–H and O–H groups in total. The molecule has 0 fully saturated rings. The summed E-state index contributed by atoms with van der Waals surface area (Å²) >= 11 is 1.63. The van der Waals surface area contributed by atoms with Crippen LogP contribution in [0.3, 0.4) is 0 Å². The van der Waals surface area contributed by atoms with Crippen molar-refractivity contribution in [2.24, 2.45) is 0 Å². The number of thiazole rings is 1. The second-order valence-electron chi connectivity index (χ2n) is 6.08. The van der Waals surface area contributed by atoms with Crippen molar-refractivity contribution in [1.82, 2.24) is 19.7 Å². The van der Waals surface area contributed by atoms with Crippen molar-refractivity contribution < 1.29 is 0 Å². The molecule has 3 aromatic rings. The van der Waals surface area contributed by atoms with Crippen molar-refractivity contribution in [2.45, 2.75) is 13.1 Å². The van der Waals surface area contributed by atoms with Crippen LogP contribution >= 0.6 is 11.3 Å². The molecular formula is C18H20N6S. The Bertz CT molecular complexity index is 875. The second kappa shape index (κ2) is 7.47. The molecule has 0 atom stereocenters. The minimum Gasteiger partial charge on any atom is -0.377 e. The van der Waals surface area contributed by atoms with E-state index in [1.54, 1.807) is 22.2 Å². The molecule has 1 aromatic carbocycles. The Morgan fingerprint density at radius 1 is 1.24 bits per heavy atom. The Kier molecular flexibility index (Phi) is 5.12. The van der Waals surface area contributed by atoms with E-state index in [4.69, 9.17) is 5.26 Å². The summed E-state index contributed by atoms with van der Waals surface area (Å²) in [6, 6.07) is 9.94. The van der Waals surface area contributed by atoms with E-state index in [0.29, 0.717) is 5.56 Å². The Labute approximate surface area is 151 Å². The van der Waals surface area contributed by atoms with Crippen molar-refractivity contribution in [3.8, 4) is 11.2 Å². The largest absolute Gasteiger partial charge is 0.377 e. The fourth-order valence-electron chi connectivity index (χ4n) is 2.69. The van der Waals surface area contributed by atoms with Gasteiger partial charge in [0, 0.05) is 56.3 Å². The van der Waals surface area contributed by atoms with Gasteiger partial charge in [0.15, 0.2) is 0 Å². The number of nitriles is 1. The summed E-state index contributed by atoms with van der Waals surface area (Å²) in [4.78, 5) is 9.91. The van der Waals surface area contributed by atoms with Crippen LogP contribution in [0, 0.1) is 11.3 Å². The molecule has 25 heavy (non-hydrogen) atoms. The van der Waals surface area contributed by atoms with E-state index in [1.165, 1.54) is 4.88 Å². The highest BCUT2D eigenvalue weighted by Crippen LogP contribution is 2.23. The van der Waals surface area contributed by atoms with Crippen molar-refractivity contribution >= 4 is 17.0 Å². The third-order valence-electron chi connectivity index (χ3n) is 3.80. The third-order valence-corrected chi connectivity index (χ3v) is 4.77. The van der Waals surface area contributed by atoms with Crippen LogP contribution in [0.2, 0.25) is 0 Å². The first kappa shape index (κ1) is 17.1. The summed E-state index contributed by atoms with van der Waals surface area (Å²) in [7, 11) is 6.11. The zero-order valence-electron chi connectivity index (χ0n) is 14.5. The zero-order valence-corrected chi connectivity index (χ0v) is 15.4.